The number of carbonyl (C=O) groups excluding carboxylic acids is 1. The molecule has 0 unspecified atom stereocenters. The summed E-state index contributed by atoms with van der Waals surface area (Å²) in [6, 6.07) is 12.3. The summed E-state index contributed by atoms with van der Waals surface area (Å²) in [7, 11) is 0. The molecule has 1 heterocycles. The number of hydrogen-bond donors (Lipinski definition) is 1. The van der Waals surface area contributed by atoms with E-state index in [4.69, 9.17) is 4.42 Å². The van der Waals surface area contributed by atoms with Crippen LogP contribution in [0.1, 0.15) is 48.6 Å². The fourth-order valence-electron chi connectivity index (χ4n) is 3.46. The molecular formula is C18H19NO2. The van der Waals surface area contributed by atoms with Gasteiger partial charge in [0.15, 0.2) is 0 Å². The third-order valence-corrected chi connectivity index (χ3v) is 4.87. The van der Waals surface area contributed by atoms with Crippen LogP contribution in [0.4, 0.5) is 0 Å². The first kappa shape index (κ1) is 12.7. The number of fused-ring (bicyclic) bond motifs is 1. The van der Waals surface area contributed by atoms with Gasteiger partial charge >= 0.3 is 0 Å². The molecule has 0 bridgehead atoms. The highest BCUT2D eigenvalue weighted by Crippen LogP contribution is 2.49. The minimum Gasteiger partial charge on any atom is -0.469 e. The second-order valence-electron chi connectivity index (χ2n) is 6.17. The number of rotatable bonds is 3. The molecule has 1 amide bonds. The topological polar surface area (TPSA) is 42.2 Å². The Morgan fingerprint density at radius 2 is 2.00 bits per heavy atom. The smallest absolute Gasteiger partial charge is 0.231 e. The first-order chi connectivity index (χ1) is 10.3. The Morgan fingerprint density at radius 1 is 1.19 bits per heavy atom. The Balaban J connectivity index is 1.55. The van der Waals surface area contributed by atoms with Crippen LogP contribution in [-0.4, -0.2) is 5.91 Å². The Bertz CT molecular complexity index is 655. The van der Waals surface area contributed by atoms with Crippen molar-refractivity contribution in [1.82, 2.24) is 5.32 Å². The van der Waals surface area contributed by atoms with Gasteiger partial charge in [-0.3, -0.25) is 4.79 Å². The third kappa shape index (κ3) is 2.08. The van der Waals surface area contributed by atoms with Crippen molar-refractivity contribution in [3.05, 3.63) is 59.5 Å². The molecular weight excluding hydrogens is 262 g/mol. The summed E-state index contributed by atoms with van der Waals surface area (Å²) >= 11 is 0. The zero-order valence-electron chi connectivity index (χ0n) is 12.0. The van der Waals surface area contributed by atoms with Crippen molar-refractivity contribution in [1.29, 1.82) is 0 Å². The van der Waals surface area contributed by atoms with Crippen LogP contribution in [0.3, 0.4) is 0 Å². The summed E-state index contributed by atoms with van der Waals surface area (Å²) in [5, 5.41) is 3.26. The number of benzene rings is 1. The van der Waals surface area contributed by atoms with Gasteiger partial charge in [0.25, 0.3) is 0 Å². The highest BCUT2D eigenvalue weighted by atomic mass is 16.3. The van der Waals surface area contributed by atoms with E-state index in [0.717, 1.165) is 43.4 Å². The van der Waals surface area contributed by atoms with Crippen LogP contribution in [0.15, 0.2) is 47.1 Å². The molecule has 3 nitrogen and oxygen atoms in total. The monoisotopic (exact) mass is 281 g/mol. The standard InChI is InChI=1S/C18H19NO2/c20-17(18(10-11-18)13-5-2-1-3-6-13)19-15-7-4-8-16-14(15)9-12-21-16/h1-3,5-6,9,12,15H,4,7-8,10-11H2,(H,19,20)/t15-/m0/s1. The van der Waals surface area contributed by atoms with E-state index in [1.54, 1.807) is 6.26 Å². The van der Waals surface area contributed by atoms with Crippen molar-refractivity contribution in [2.75, 3.05) is 0 Å². The second-order valence-corrected chi connectivity index (χ2v) is 6.17. The number of furan rings is 1. The SMILES string of the molecule is O=C(N[C@H]1CCCc2occc21)C1(c2ccccc2)CC1. The highest BCUT2D eigenvalue weighted by Gasteiger charge is 2.51. The Kier molecular flexibility index (Phi) is 2.88. The molecule has 3 heteroatoms. The Labute approximate surface area is 124 Å². The van der Waals surface area contributed by atoms with Crippen molar-refractivity contribution in [3.8, 4) is 0 Å². The van der Waals surface area contributed by atoms with Crippen molar-refractivity contribution < 1.29 is 9.21 Å². The Morgan fingerprint density at radius 3 is 2.76 bits per heavy atom. The maximum atomic E-state index is 12.8. The van der Waals surface area contributed by atoms with Gasteiger partial charge in [0.1, 0.15) is 5.76 Å². The molecule has 0 aliphatic heterocycles. The summed E-state index contributed by atoms with van der Waals surface area (Å²) in [6.45, 7) is 0. The van der Waals surface area contributed by atoms with Gasteiger partial charge in [-0.25, -0.2) is 0 Å². The fraction of sp³-hybridized carbons (Fsp3) is 0.389. The van der Waals surface area contributed by atoms with E-state index in [9.17, 15) is 4.79 Å². The van der Waals surface area contributed by atoms with E-state index in [1.807, 2.05) is 24.3 Å². The van der Waals surface area contributed by atoms with E-state index >= 15 is 0 Å². The quantitative estimate of drug-likeness (QED) is 0.935. The summed E-state index contributed by atoms with van der Waals surface area (Å²) < 4.78 is 5.50. The molecule has 21 heavy (non-hydrogen) atoms. The first-order valence-electron chi connectivity index (χ1n) is 7.72. The lowest BCUT2D eigenvalue weighted by atomic mass is 9.90. The van der Waals surface area contributed by atoms with E-state index in [-0.39, 0.29) is 17.4 Å². The molecule has 4 rings (SSSR count). The van der Waals surface area contributed by atoms with Crippen molar-refractivity contribution >= 4 is 5.91 Å². The van der Waals surface area contributed by atoms with E-state index in [1.165, 1.54) is 5.56 Å². The van der Waals surface area contributed by atoms with Crippen LogP contribution in [0, 0.1) is 0 Å². The minimum atomic E-state index is -0.289. The largest absolute Gasteiger partial charge is 0.469 e. The second kappa shape index (κ2) is 4.76. The molecule has 1 aromatic heterocycles. The lowest BCUT2D eigenvalue weighted by Crippen LogP contribution is -2.38. The number of nitrogens with one attached hydrogen (secondary N) is 1. The molecule has 0 radical (unpaired) electrons. The van der Waals surface area contributed by atoms with Crippen LogP contribution in [0.2, 0.25) is 0 Å². The molecule has 1 saturated carbocycles. The summed E-state index contributed by atoms with van der Waals surface area (Å²) in [5.74, 6) is 1.21. The van der Waals surface area contributed by atoms with Crippen molar-refractivity contribution in [2.45, 2.75) is 43.6 Å². The maximum absolute atomic E-state index is 12.8. The first-order valence-corrected chi connectivity index (χ1v) is 7.72. The summed E-state index contributed by atoms with van der Waals surface area (Å²) in [6.07, 6.45) is 6.70. The van der Waals surface area contributed by atoms with Gasteiger partial charge in [-0.15, -0.1) is 0 Å². The minimum absolute atomic E-state index is 0.112. The molecule has 0 spiro atoms. The molecule has 0 saturated heterocycles. The van der Waals surface area contributed by atoms with E-state index in [0.29, 0.717) is 0 Å². The highest BCUT2D eigenvalue weighted by molar-refractivity contribution is 5.91. The lowest BCUT2D eigenvalue weighted by molar-refractivity contribution is -0.124. The Hall–Kier alpha value is -2.03. The van der Waals surface area contributed by atoms with Crippen LogP contribution in [-0.2, 0) is 16.6 Å². The number of amides is 1. The van der Waals surface area contributed by atoms with E-state index < -0.39 is 0 Å². The number of hydrogen-bond acceptors (Lipinski definition) is 2. The molecule has 2 aliphatic rings. The lowest BCUT2D eigenvalue weighted by Gasteiger charge is -2.25. The van der Waals surface area contributed by atoms with Crippen LogP contribution < -0.4 is 5.32 Å². The predicted octanol–water partition coefficient (Wildman–Crippen LogP) is 3.51. The van der Waals surface area contributed by atoms with Gasteiger partial charge in [-0.2, -0.15) is 0 Å². The maximum Gasteiger partial charge on any atom is 0.231 e. The van der Waals surface area contributed by atoms with Gasteiger partial charge in [-0.1, -0.05) is 30.3 Å². The number of carbonyl (C=O) groups is 1. The molecule has 108 valence electrons. The van der Waals surface area contributed by atoms with E-state index in [2.05, 4.69) is 17.4 Å². The summed E-state index contributed by atoms with van der Waals surface area (Å²) in [4.78, 5) is 12.8. The predicted molar refractivity (Wildman–Crippen MR) is 79.9 cm³/mol. The zero-order chi connectivity index (χ0) is 14.3. The molecule has 1 N–H and O–H groups in total. The third-order valence-electron chi connectivity index (χ3n) is 4.87. The van der Waals surface area contributed by atoms with Gasteiger partial charge in [0, 0.05) is 12.0 Å². The van der Waals surface area contributed by atoms with Crippen LogP contribution in [0.25, 0.3) is 0 Å². The van der Waals surface area contributed by atoms with Gasteiger partial charge in [0.2, 0.25) is 5.91 Å². The summed E-state index contributed by atoms with van der Waals surface area (Å²) in [5.41, 5.74) is 2.02. The van der Waals surface area contributed by atoms with Gasteiger partial charge in [0.05, 0.1) is 17.7 Å². The molecule has 1 aromatic carbocycles. The number of aryl methyl sites for hydroxylation is 1. The fourth-order valence-corrected chi connectivity index (χ4v) is 3.46. The average molecular weight is 281 g/mol. The molecule has 1 atom stereocenters. The zero-order valence-corrected chi connectivity index (χ0v) is 12.0. The van der Waals surface area contributed by atoms with Crippen LogP contribution >= 0.6 is 0 Å². The molecule has 2 aliphatic carbocycles. The molecule has 2 aromatic rings. The molecule has 1 fully saturated rings. The van der Waals surface area contributed by atoms with Gasteiger partial charge < -0.3 is 9.73 Å². The van der Waals surface area contributed by atoms with Crippen molar-refractivity contribution in [3.63, 3.8) is 0 Å². The van der Waals surface area contributed by atoms with Crippen molar-refractivity contribution in [2.24, 2.45) is 0 Å². The van der Waals surface area contributed by atoms with Gasteiger partial charge in [-0.05, 0) is 37.3 Å². The normalized spacial score (nSPS) is 22.4. The average Bonchev–Trinajstić information content (AvgIpc) is 3.20. The van der Waals surface area contributed by atoms with Crippen LogP contribution in [0.5, 0.6) is 0 Å².